The molecule has 3 rings (SSSR count). The van der Waals surface area contributed by atoms with E-state index < -0.39 is 0 Å². The van der Waals surface area contributed by atoms with Crippen LogP contribution >= 0.6 is 11.3 Å². The van der Waals surface area contributed by atoms with Gasteiger partial charge in [-0.3, -0.25) is 0 Å². The van der Waals surface area contributed by atoms with E-state index in [0.717, 1.165) is 21.7 Å². The zero-order valence-corrected chi connectivity index (χ0v) is 12.1. The highest BCUT2D eigenvalue weighted by Gasteiger charge is 2.18. The molecule has 2 heterocycles. The number of thiazole rings is 1. The van der Waals surface area contributed by atoms with Crippen molar-refractivity contribution < 1.29 is 8.81 Å². The maximum atomic E-state index is 13.3. The van der Waals surface area contributed by atoms with Crippen LogP contribution in [0.4, 0.5) is 4.39 Å². The molecule has 1 aromatic carbocycles. The summed E-state index contributed by atoms with van der Waals surface area (Å²) in [5.41, 5.74) is 8.75. The van der Waals surface area contributed by atoms with Gasteiger partial charge in [0.1, 0.15) is 17.2 Å². The first-order valence-corrected chi connectivity index (χ1v) is 7.27. The van der Waals surface area contributed by atoms with Crippen LogP contribution in [0, 0.1) is 19.7 Å². The Kier molecular flexibility index (Phi) is 3.31. The zero-order chi connectivity index (χ0) is 14.3. The van der Waals surface area contributed by atoms with E-state index in [1.807, 2.05) is 19.2 Å². The average molecular weight is 290 g/mol. The lowest BCUT2D eigenvalue weighted by Crippen LogP contribution is -2.13. The van der Waals surface area contributed by atoms with Crippen LogP contribution in [-0.2, 0) is 6.42 Å². The predicted octanol–water partition coefficient (Wildman–Crippen LogP) is 3.89. The molecule has 104 valence electrons. The number of halogens is 1. The summed E-state index contributed by atoms with van der Waals surface area (Å²) in [7, 11) is 0. The first-order valence-electron chi connectivity index (χ1n) is 6.39. The Morgan fingerprint density at radius 2 is 2.20 bits per heavy atom. The summed E-state index contributed by atoms with van der Waals surface area (Å²) in [4.78, 5) is 4.41. The van der Waals surface area contributed by atoms with Gasteiger partial charge in [0.15, 0.2) is 0 Å². The fourth-order valence-corrected chi connectivity index (χ4v) is 3.01. The second kappa shape index (κ2) is 5.00. The highest BCUT2D eigenvalue weighted by molar-refractivity contribution is 7.09. The smallest absolute Gasteiger partial charge is 0.134 e. The quantitative estimate of drug-likeness (QED) is 0.796. The summed E-state index contributed by atoms with van der Waals surface area (Å²) >= 11 is 1.61. The standard InChI is InChI=1S/C15H15FN2OS/c1-8-12-5-10(16)3-4-14(12)19-15(8)13(17)6-11-7-20-9(2)18-11/h3-5,7,13H,6,17H2,1-2H3. The summed E-state index contributed by atoms with van der Waals surface area (Å²) in [6.07, 6.45) is 0.619. The van der Waals surface area contributed by atoms with Crippen LogP contribution in [0.25, 0.3) is 11.0 Å². The molecule has 3 aromatic rings. The van der Waals surface area contributed by atoms with Crippen molar-refractivity contribution in [1.82, 2.24) is 4.98 Å². The van der Waals surface area contributed by atoms with E-state index in [4.69, 9.17) is 10.2 Å². The Bertz CT molecular complexity index is 762. The normalized spacial score (nSPS) is 13.0. The number of hydrogen-bond donors (Lipinski definition) is 1. The molecule has 0 bridgehead atoms. The van der Waals surface area contributed by atoms with Crippen molar-refractivity contribution in [2.75, 3.05) is 0 Å². The number of hydrogen-bond acceptors (Lipinski definition) is 4. The minimum Gasteiger partial charge on any atom is -0.459 e. The second-order valence-corrected chi connectivity index (χ2v) is 5.96. The number of furan rings is 1. The largest absolute Gasteiger partial charge is 0.459 e. The Morgan fingerprint density at radius 3 is 2.90 bits per heavy atom. The van der Waals surface area contributed by atoms with Crippen LogP contribution in [0.2, 0.25) is 0 Å². The Hall–Kier alpha value is -1.72. The first kappa shape index (κ1) is 13.3. The number of aryl methyl sites for hydroxylation is 2. The molecule has 0 aliphatic heterocycles. The van der Waals surface area contributed by atoms with Crippen molar-refractivity contribution in [3.05, 3.63) is 51.4 Å². The van der Waals surface area contributed by atoms with Crippen LogP contribution in [-0.4, -0.2) is 4.98 Å². The van der Waals surface area contributed by atoms with E-state index in [9.17, 15) is 4.39 Å². The number of nitrogens with two attached hydrogens (primary N) is 1. The Labute approximate surface area is 120 Å². The Balaban J connectivity index is 1.95. The molecule has 3 nitrogen and oxygen atoms in total. The molecule has 0 aliphatic rings. The molecule has 0 saturated heterocycles. The van der Waals surface area contributed by atoms with E-state index in [1.165, 1.54) is 12.1 Å². The van der Waals surface area contributed by atoms with Gasteiger partial charge in [0, 0.05) is 22.8 Å². The molecule has 1 unspecified atom stereocenters. The number of benzene rings is 1. The van der Waals surface area contributed by atoms with Gasteiger partial charge in [-0.25, -0.2) is 9.37 Å². The summed E-state index contributed by atoms with van der Waals surface area (Å²) < 4.78 is 19.1. The van der Waals surface area contributed by atoms with Gasteiger partial charge < -0.3 is 10.2 Å². The number of fused-ring (bicyclic) bond motifs is 1. The SMILES string of the molecule is Cc1nc(CC(N)c2oc3ccc(F)cc3c2C)cs1. The molecule has 2 N–H and O–H groups in total. The maximum Gasteiger partial charge on any atom is 0.134 e. The third-order valence-electron chi connectivity index (χ3n) is 3.37. The van der Waals surface area contributed by atoms with Gasteiger partial charge in [-0.2, -0.15) is 0 Å². The number of nitrogens with zero attached hydrogens (tertiary/aromatic N) is 1. The highest BCUT2D eigenvalue weighted by atomic mass is 32.1. The lowest BCUT2D eigenvalue weighted by atomic mass is 10.1. The van der Waals surface area contributed by atoms with Gasteiger partial charge in [-0.1, -0.05) is 0 Å². The van der Waals surface area contributed by atoms with Gasteiger partial charge in [0.05, 0.1) is 16.7 Å². The lowest BCUT2D eigenvalue weighted by molar-refractivity contribution is 0.488. The predicted molar refractivity (Wildman–Crippen MR) is 78.4 cm³/mol. The van der Waals surface area contributed by atoms with E-state index in [-0.39, 0.29) is 11.9 Å². The van der Waals surface area contributed by atoms with Crippen molar-refractivity contribution in [2.24, 2.45) is 5.73 Å². The summed E-state index contributed by atoms with van der Waals surface area (Å²) in [6, 6.07) is 4.25. The van der Waals surface area contributed by atoms with Gasteiger partial charge in [0.2, 0.25) is 0 Å². The molecule has 1 atom stereocenters. The van der Waals surface area contributed by atoms with Crippen molar-refractivity contribution in [3.8, 4) is 0 Å². The molecule has 5 heteroatoms. The van der Waals surface area contributed by atoms with E-state index in [0.29, 0.717) is 17.8 Å². The van der Waals surface area contributed by atoms with Crippen LogP contribution in [0.15, 0.2) is 28.0 Å². The van der Waals surface area contributed by atoms with Crippen molar-refractivity contribution in [1.29, 1.82) is 0 Å². The molecule has 0 fully saturated rings. The van der Waals surface area contributed by atoms with Crippen LogP contribution in [0.3, 0.4) is 0 Å². The third-order valence-corrected chi connectivity index (χ3v) is 4.19. The minimum atomic E-state index is -0.271. The molecule has 0 radical (unpaired) electrons. The summed E-state index contributed by atoms with van der Waals surface area (Å²) in [5, 5.41) is 3.81. The third kappa shape index (κ3) is 2.34. The summed E-state index contributed by atoms with van der Waals surface area (Å²) in [6.45, 7) is 3.88. The van der Waals surface area contributed by atoms with Gasteiger partial charge in [0.25, 0.3) is 0 Å². The molecule has 0 aliphatic carbocycles. The maximum absolute atomic E-state index is 13.3. The lowest BCUT2D eigenvalue weighted by Gasteiger charge is -2.07. The van der Waals surface area contributed by atoms with Crippen LogP contribution in [0.5, 0.6) is 0 Å². The molecule has 2 aromatic heterocycles. The van der Waals surface area contributed by atoms with Gasteiger partial charge in [-0.15, -0.1) is 11.3 Å². The van der Waals surface area contributed by atoms with E-state index in [1.54, 1.807) is 17.4 Å². The summed E-state index contributed by atoms with van der Waals surface area (Å²) in [5.74, 6) is 0.438. The minimum absolute atomic E-state index is 0.267. The fraction of sp³-hybridized carbons (Fsp3) is 0.267. The molecule has 0 spiro atoms. The molecule has 0 amide bonds. The highest BCUT2D eigenvalue weighted by Crippen LogP contribution is 2.30. The van der Waals surface area contributed by atoms with Crippen LogP contribution in [0.1, 0.15) is 28.1 Å². The van der Waals surface area contributed by atoms with Gasteiger partial charge >= 0.3 is 0 Å². The van der Waals surface area contributed by atoms with E-state index >= 15 is 0 Å². The number of rotatable bonds is 3. The second-order valence-electron chi connectivity index (χ2n) is 4.90. The molecule has 0 saturated carbocycles. The van der Waals surface area contributed by atoms with Crippen molar-refractivity contribution in [2.45, 2.75) is 26.3 Å². The number of aromatic nitrogens is 1. The topological polar surface area (TPSA) is 52.0 Å². The van der Waals surface area contributed by atoms with Crippen LogP contribution < -0.4 is 5.73 Å². The Morgan fingerprint density at radius 1 is 1.40 bits per heavy atom. The monoisotopic (exact) mass is 290 g/mol. The van der Waals surface area contributed by atoms with E-state index in [2.05, 4.69) is 4.98 Å². The van der Waals surface area contributed by atoms with Crippen molar-refractivity contribution in [3.63, 3.8) is 0 Å². The molecule has 20 heavy (non-hydrogen) atoms. The van der Waals surface area contributed by atoms with Crippen molar-refractivity contribution >= 4 is 22.3 Å². The average Bonchev–Trinajstić information content (AvgIpc) is 2.94. The van der Waals surface area contributed by atoms with Gasteiger partial charge in [-0.05, 0) is 32.0 Å². The zero-order valence-electron chi connectivity index (χ0n) is 11.3. The fourth-order valence-electron chi connectivity index (χ4n) is 2.39. The molecular formula is C15H15FN2OS. The first-order chi connectivity index (χ1) is 9.54. The molecular weight excluding hydrogens is 275 g/mol.